The summed E-state index contributed by atoms with van der Waals surface area (Å²) in [5.74, 6) is 0. The van der Waals surface area contributed by atoms with E-state index < -0.39 is 0 Å². The third-order valence-corrected chi connectivity index (χ3v) is 3.32. The molecule has 0 amide bonds. The Bertz CT molecular complexity index is 527. The fourth-order valence-corrected chi connectivity index (χ4v) is 2.09. The Morgan fingerprint density at radius 1 is 1.17 bits per heavy atom. The van der Waals surface area contributed by atoms with Gasteiger partial charge in [-0.25, -0.2) is 0 Å². The standard InChI is InChI=1S/C17H21N/c1-13-8-6-7-9-15(13)16-12-14(17(2,3)4)10-11-18(16)5/h6-12H,5H2,1-4H3. The van der Waals surface area contributed by atoms with Crippen molar-refractivity contribution < 1.29 is 4.58 Å². The van der Waals surface area contributed by atoms with E-state index in [1.54, 1.807) is 0 Å². The van der Waals surface area contributed by atoms with Gasteiger partial charge in [-0.15, -0.1) is 6.07 Å². The maximum absolute atomic E-state index is 4.08. The summed E-state index contributed by atoms with van der Waals surface area (Å²) in [5, 5.41) is 0. The Balaban J connectivity index is 2.45. The number of aryl methyl sites for hydroxylation is 1. The molecule has 1 aliphatic heterocycles. The molecule has 0 fully saturated rings. The molecule has 18 heavy (non-hydrogen) atoms. The molecule has 1 aromatic carbocycles. The topological polar surface area (TPSA) is 3.01 Å². The van der Waals surface area contributed by atoms with Crippen molar-refractivity contribution >= 4 is 6.72 Å². The second-order valence-corrected chi connectivity index (χ2v) is 5.84. The van der Waals surface area contributed by atoms with Crippen LogP contribution < -0.4 is 0 Å². The Hall–Kier alpha value is -1.76. The third-order valence-electron chi connectivity index (χ3n) is 3.32. The molecule has 0 spiro atoms. The minimum absolute atomic E-state index is 0.158. The lowest BCUT2D eigenvalue weighted by Crippen LogP contribution is -2.19. The Morgan fingerprint density at radius 2 is 1.83 bits per heavy atom. The van der Waals surface area contributed by atoms with E-state index in [4.69, 9.17) is 0 Å². The summed E-state index contributed by atoms with van der Waals surface area (Å²) < 4.78 is 1.94. The maximum Gasteiger partial charge on any atom is 0.147 e. The zero-order valence-corrected chi connectivity index (χ0v) is 11.7. The first-order chi connectivity index (χ1) is 8.39. The van der Waals surface area contributed by atoms with E-state index >= 15 is 0 Å². The Labute approximate surface area is 110 Å². The average Bonchev–Trinajstić information content (AvgIpc) is 2.29. The van der Waals surface area contributed by atoms with Crippen LogP contribution in [-0.4, -0.2) is 11.3 Å². The van der Waals surface area contributed by atoms with Crippen molar-refractivity contribution in [2.45, 2.75) is 27.7 Å². The van der Waals surface area contributed by atoms with Gasteiger partial charge in [0, 0.05) is 0 Å². The summed E-state index contributed by atoms with van der Waals surface area (Å²) in [6.07, 6.45) is 6.44. The highest BCUT2D eigenvalue weighted by Gasteiger charge is 2.22. The second-order valence-electron chi connectivity index (χ2n) is 5.84. The highest BCUT2D eigenvalue weighted by molar-refractivity contribution is 5.45. The highest BCUT2D eigenvalue weighted by Crippen LogP contribution is 2.33. The van der Waals surface area contributed by atoms with E-state index in [1.165, 1.54) is 22.7 Å². The van der Waals surface area contributed by atoms with Gasteiger partial charge in [0.05, 0.1) is 6.72 Å². The minimum atomic E-state index is 0.158. The molecular formula is C17H21N. The van der Waals surface area contributed by atoms with Gasteiger partial charge >= 0.3 is 0 Å². The van der Waals surface area contributed by atoms with Crippen molar-refractivity contribution in [1.82, 2.24) is 0 Å². The van der Waals surface area contributed by atoms with Crippen LogP contribution in [0.3, 0.4) is 0 Å². The summed E-state index contributed by atoms with van der Waals surface area (Å²) in [7, 11) is 0. The van der Waals surface area contributed by atoms with Gasteiger partial charge in [-0.2, -0.15) is 0 Å². The molecule has 0 aromatic heterocycles. The maximum atomic E-state index is 4.08. The van der Waals surface area contributed by atoms with Crippen LogP contribution in [0.1, 0.15) is 31.9 Å². The number of hydrogen-bond donors (Lipinski definition) is 0. The van der Waals surface area contributed by atoms with Crippen LogP contribution in [0.2, 0.25) is 0 Å². The van der Waals surface area contributed by atoms with E-state index in [0.717, 1.165) is 0 Å². The number of allylic oxidation sites excluding steroid dienone is 2. The fourth-order valence-electron chi connectivity index (χ4n) is 2.09. The highest BCUT2D eigenvalue weighted by atomic mass is 15.0. The number of rotatable bonds is 1. The summed E-state index contributed by atoms with van der Waals surface area (Å²) in [6, 6.07) is 9.60. The monoisotopic (exact) mass is 239 g/mol. The van der Waals surface area contributed by atoms with Crippen LogP contribution in [0.5, 0.6) is 0 Å². The van der Waals surface area contributed by atoms with Crippen LogP contribution in [-0.2, 0) is 0 Å². The molecule has 0 saturated heterocycles. The van der Waals surface area contributed by atoms with Crippen molar-refractivity contribution in [2.75, 3.05) is 0 Å². The zero-order chi connectivity index (χ0) is 13.3. The zero-order valence-electron chi connectivity index (χ0n) is 11.7. The third kappa shape index (κ3) is 2.40. The molecule has 1 heteroatoms. The van der Waals surface area contributed by atoms with Crippen molar-refractivity contribution in [2.24, 2.45) is 5.41 Å². The van der Waals surface area contributed by atoms with E-state index in [1.807, 2.05) is 10.8 Å². The van der Waals surface area contributed by atoms with Gasteiger partial charge in [-0.1, -0.05) is 63.1 Å². The predicted molar refractivity (Wildman–Crippen MR) is 77.6 cm³/mol. The van der Waals surface area contributed by atoms with Crippen LogP contribution in [0.4, 0.5) is 0 Å². The first-order valence-corrected chi connectivity index (χ1v) is 6.32. The Morgan fingerprint density at radius 3 is 2.44 bits per heavy atom. The van der Waals surface area contributed by atoms with Gasteiger partial charge in [-0.05, 0) is 17.1 Å². The van der Waals surface area contributed by atoms with E-state index in [-0.39, 0.29) is 5.41 Å². The number of nitrogens with zero attached hydrogens (tertiary/aromatic N) is 1. The van der Waals surface area contributed by atoms with Gasteiger partial charge in [0.25, 0.3) is 0 Å². The summed E-state index contributed by atoms with van der Waals surface area (Å²) in [5.41, 5.74) is 4.02. The van der Waals surface area contributed by atoms with Gasteiger partial charge in [0.2, 0.25) is 0 Å². The molecule has 0 unspecified atom stereocenters. The van der Waals surface area contributed by atoms with Gasteiger partial charge in [0.15, 0.2) is 0 Å². The molecular weight excluding hydrogens is 218 g/mol. The molecule has 0 atom stereocenters. The van der Waals surface area contributed by atoms with Crippen LogP contribution >= 0.6 is 0 Å². The number of hydrogen-bond acceptors (Lipinski definition) is 0. The smallest absolute Gasteiger partial charge is 0.147 e. The van der Waals surface area contributed by atoms with Crippen LogP contribution in [0.15, 0.2) is 48.2 Å². The quantitative estimate of drug-likeness (QED) is 0.513. The van der Waals surface area contributed by atoms with Gasteiger partial charge in [-0.3, -0.25) is 4.58 Å². The summed E-state index contributed by atoms with van der Waals surface area (Å²) in [6.45, 7) is 12.9. The van der Waals surface area contributed by atoms with Crippen LogP contribution in [0, 0.1) is 18.4 Å². The molecule has 2 rings (SSSR count). The normalized spacial score (nSPS) is 15.9. The van der Waals surface area contributed by atoms with Crippen molar-refractivity contribution in [3.63, 3.8) is 0 Å². The largest absolute Gasteiger partial charge is 0.255 e. The van der Waals surface area contributed by atoms with Crippen molar-refractivity contribution in [1.29, 1.82) is 0 Å². The average molecular weight is 239 g/mol. The van der Waals surface area contributed by atoms with Crippen molar-refractivity contribution in [3.05, 3.63) is 65.4 Å². The molecule has 1 aromatic rings. The van der Waals surface area contributed by atoms with Gasteiger partial charge < -0.3 is 0 Å². The molecule has 1 aliphatic rings. The fraction of sp³-hybridized carbons (Fsp3) is 0.294. The first-order valence-electron chi connectivity index (χ1n) is 6.32. The van der Waals surface area contributed by atoms with Crippen LogP contribution in [0.25, 0.3) is 0 Å². The SMILES string of the molecule is C=[N+]1C=CC(C(C)(C)C)=C[C-]1c1ccccc1C. The molecule has 1 nitrogen and oxygen atoms in total. The lowest BCUT2D eigenvalue weighted by Gasteiger charge is -2.28. The van der Waals surface area contributed by atoms with E-state index in [9.17, 15) is 0 Å². The Kier molecular flexibility index (Phi) is 3.16. The molecule has 1 heterocycles. The van der Waals surface area contributed by atoms with E-state index in [0.29, 0.717) is 0 Å². The summed E-state index contributed by atoms with van der Waals surface area (Å²) in [4.78, 5) is 0. The molecule has 0 radical (unpaired) electrons. The molecule has 0 N–H and O–H groups in total. The predicted octanol–water partition coefficient (Wildman–Crippen LogP) is 4.09. The minimum Gasteiger partial charge on any atom is -0.255 e. The molecule has 94 valence electrons. The lowest BCUT2D eigenvalue weighted by molar-refractivity contribution is -0.418. The molecule has 0 aliphatic carbocycles. The summed E-state index contributed by atoms with van der Waals surface area (Å²) >= 11 is 0. The molecule has 0 saturated carbocycles. The van der Waals surface area contributed by atoms with E-state index in [2.05, 4.69) is 70.8 Å². The second kappa shape index (κ2) is 4.49. The van der Waals surface area contributed by atoms with Gasteiger partial charge in [0.1, 0.15) is 12.2 Å². The lowest BCUT2D eigenvalue weighted by atomic mass is 9.83. The molecule has 0 bridgehead atoms. The number of benzene rings is 1. The first kappa shape index (κ1) is 12.7. The van der Waals surface area contributed by atoms with Crippen molar-refractivity contribution in [3.8, 4) is 0 Å².